The number of carbonyl (C=O) groups excluding carboxylic acids is 1. The van der Waals surface area contributed by atoms with Crippen LogP contribution in [0.3, 0.4) is 0 Å². The quantitative estimate of drug-likeness (QED) is 0.592. The molecular weight excluding hydrogens is 324 g/mol. The Labute approximate surface area is 155 Å². The van der Waals surface area contributed by atoms with Crippen molar-refractivity contribution in [3.63, 3.8) is 0 Å². The van der Waals surface area contributed by atoms with Crippen molar-refractivity contribution < 1.29 is 9.53 Å². The Morgan fingerprint density at radius 1 is 1.00 bits per heavy atom. The number of ether oxygens (including phenoxy) is 1. The Bertz CT molecular complexity index is 853. The molecule has 3 N–H and O–H groups in total. The molecule has 1 aliphatic carbocycles. The van der Waals surface area contributed by atoms with Crippen LogP contribution in [0, 0.1) is 0 Å². The molecule has 0 fully saturated rings. The zero-order valence-corrected chi connectivity index (χ0v) is 16.3. The summed E-state index contributed by atoms with van der Waals surface area (Å²) in [4.78, 5) is 11.8. The predicted octanol–water partition coefficient (Wildman–Crippen LogP) is 5.15. The van der Waals surface area contributed by atoms with Gasteiger partial charge in [0.2, 0.25) is 0 Å². The van der Waals surface area contributed by atoms with E-state index >= 15 is 0 Å². The Kier molecular flexibility index (Phi) is 4.47. The maximum atomic E-state index is 11.8. The molecule has 138 valence electrons. The lowest BCUT2D eigenvalue weighted by Gasteiger charge is -2.42. The van der Waals surface area contributed by atoms with Crippen molar-refractivity contribution in [1.82, 2.24) is 0 Å². The number of benzene rings is 2. The van der Waals surface area contributed by atoms with Crippen molar-refractivity contribution in [2.75, 3.05) is 18.2 Å². The molecule has 0 unspecified atom stereocenters. The van der Waals surface area contributed by atoms with Crippen LogP contribution in [-0.4, -0.2) is 13.1 Å². The van der Waals surface area contributed by atoms with E-state index in [4.69, 9.17) is 10.5 Å². The number of esters is 1. The first-order valence-corrected chi connectivity index (χ1v) is 9.04. The Hall–Kier alpha value is -2.49. The Morgan fingerprint density at radius 3 is 2.31 bits per heavy atom. The van der Waals surface area contributed by atoms with Crippen LogP contribution in [0.2, 0.25) is 0 Å². The van der Waals surface area contributed by atoms with Gasteiger partial charge in [-0.3, -0.25) is 0 Å². The number of nitrogens with one attached hydrogen (secondary N) is 1. The van der Waals surface area contributed by atoms with E-state index in [0.29, 0.717) is 16.9 Å². The summed E-state index contributed by atoms with van der Waals surface area (Å²) >= 11 is 0. The van der Waals surface area contributed by atoms with E-state index in [9.17, 15) is 4.79 Å². The number of hydrogen-bond acceptors (Lipinski definition) is 4. The van der Waals surface area contributed by atoms with Gasteiger partial charge in [-0.05, 0) is 65.1 Å². The summed E-state index contributed by atoms with van der Waals surface area (Å²) in [6.45, 7) is 9.23. The first-order valence-electron chi connectivity index (χ1n) is 9.04. The molecule has 0 radical (unpaired) electrons. The number of nitrogens with two attached hydrogens (primary N) is 1. The molecule has 0 atom stereocenters. The number of fused-ring (bicyclic) bond motifs is 1. The second kappa shape index (κ2) is 6.35. The minimum absolute atomic E-state index is 0.141. The van der Waals surface area contributed by atoms with E-state index in [1.807, 2.05) is 0 Å². The van der Waals surface area contributed by atoms with Crippen molar-refractivity contribution in [1.29, 1.82) is 0 Å². The smallest absolute Gasteiger partial charge is 0.337 e. The van der Waals surface area contributed by atoms with Gasteiger partial charge in [-0.2, -0.15) is 0 Å². The van der Waals surface area contributed by atoms with E-state index in [-0.39, 0.29) is 16.8 Å². The average molecular weight is 352 g/mol. The molecule has 0 aliphatic heterocycles. The van der Waals surface area contributed by atoms with Gasteiger partial charge < -0.3 is 15.8 Å². The summed E-state index contributed by atoms with van der Waals surface area (Å²) in [5, 5.41) is 3.37. The van der Waals surface area contributed by atoms with Crippen LogP contribution in [0.5, 0.6) is 0 Å². The molecule has 2 aromatic carbocycles. The molecule has 0 heterocycles. The van der Waals surface area contributed by atoms with Crippen molar-refractivity contribution in [2.45, 2.75) is 51.4 Å². The molecule has 26 heavy (non-hydrogen) atoms. The molecule has 0 bridgehead atoms. The van der Waals surface area contributed by atoms with Gasteiger partial charge in [0.1, 0.15) is 0 Å². The summed E-state index contributed by atoms with van der Waals surface area (Å²) < 4.78 is 4.80. The standard InChI is InChI=1S/C22H28N2O2/c1-21(2)10-11-22(3,4)17-13-15(7-8-16(17)21)24-19-12-14(20(25)26-5)6-9-18(19)23/h6-9,12-13,24H,10-11,23H2,1-5H3. The number of rotatable bonds is 3. The lowest BCUT2D eigenvalue weighted by Crippen LogP contribution is -2.33. The fourth-order valence-electron chi connectivity index (χ4n) is 3.73. The Balaban J connectivity index is 1.99. The van der Waals surface area contributed by atoms with Crippen LogP contribution >= 0.6 is 0 Å². The molecule has 0 saturated carbocycles. The molecule has 0 saturated heterocycles. The van der Waals surface area contributed by atoms with Crippen molar-refractivity contribution in [3.05, 3.63) is 53.1 Å². The molecule has 2 aromatic rings. The monoisotopic (exact) mass is 352 g/mol. The number of hydrogen-bond donors (Lipinski definition) is 2. The lowest BCUT2D eigenvalue weighted by molar-refractivity contribution is 0.0601. The molecule has 1 aliphatic rings. The first kappa shape index (κ1) is 18.3. The second-order valence-electron chi connectivity index (χ2n) is 8.45. The second-order valence-corrected chi connectivity index (χ2v) is 8.45. The molecule has 0 aromatic heterocycles. The van der Waals surface area contributed by atoms with Gasteiger partial charge in [-0.1, -0.05) is 33.8 Å². The van der Waals surface area contributed by atoms with Gasteiger partial charge in [0.15, 0.2) is 0 Å². The van der Waals surface area contributed by atoms with Crippen LogP contribution in [0.1, 0.15) is 62.0 Å². The summed E-state index contributed by atoms with van der Waals surface area (Å²) in [6, 6.07) is 11.7. The normalized spacial score (nSPS) is 17.3. The summed E-state index contributed by atoms with van der Waals surface area (Å²) in [6.07, 6.45) is 2.35. The molecule has 0 spiro atoms. The van der Waals surface area contributed by atoms with Gasteiger partial charge in [0.05, 0.1) is 24.0 Å². The van der Waals surface area contributed by atoms with Crippen molar-refractivity contribution in [3.8, 4) is 0 Å². The highest BCUT2D eigenvalue weighted by atomic mass is 16.5. The van der Waals surface area contributed by atoms with Crippen LogP contribution in [0.15, 0.2) is 36.4 Å². The maximum absolute atomic E-state index is 11.8. The lowest BCUT2D eigenvalue weighted by atomic mass is 9.63. The van der Waals surface area contributed by atoms with E-state index in [1.165, 1.54) is 24.7 Å². The van der Waals surface area contributed by atoms with E-state index < -0.39 is 0 Å². The van der Waals surface area contributed by atoms with Crippen molar-refractivity contribution >= 4 is 23.0 Å². The number of carbonyl (C=O) groups is 1. The third-order valence-electron chi connectivity index (χ3n) is 5.61. The number of nitrogen functional groups attached to an aromatic ring is 1. The van der Waals surface area contributed by atoms with E-state index in [2.05, 4.69) is 51.2 Å². The van der Waals surface area contributed by atoms with Crippen LogP contribution in [0.25, 0.3) is 0 Å². The van der Waals surface area contributed by atoms with Gasteiger partial charge >= 0.3 is 5.97 Å². The first-order chi connectivity index (χ1) is 12.1. The zero-order chi connectivity index (χ0) is 19.1. The van der Waals surface area contributed by atoms with Gasteiger partial charge in [-0.25, -0.2) is 4.79 Å². The molecule has 0 amide bonds. The highest BCUT2D eigenvalue weighted by Crippen LogP contribution is 2.46. The topological polar surface area (TPSA) is 64.3 Å². The average Bonchev–Trinajstić information content (AvgIpc) is 2.60. The largest absolute Gasteiger partial charge is 0.465 e. The SMILES string of the molecule is COC(=O)c1ccc(N)c(Nc2ccc3c(c2)C(C)(C)CCC3(C)C)c1. The van der Waals surface area contributed by atoms with E-state index in [1.54, 1.807) is 18.2 Å². The minimum Gasteiger partial charge on any atom is -0.465 e. The third kappa shape index (κ3) is 3.28. The fourth-order valence-corrected chi connectivity index (χ4v) is 3.73. The van der Waals surface area contributed by atoms with Crippen LogP contribution in [-0.2, 0) is 15.6 Å². The number of methoxy groups -OCH3 is 1. The van der Waals surface area contributed by atoms with Crippen LogP contribution < -0.4 is 11.1 Å². The molecular formula is C22H28N2O2. The predicted molar refractivity (Wildman–Crippen MR) is 107 cm³/mol. The molecule has 3 rings (SSSR count). The summed E-state index contributed by atoms with van der Waals surface area (Å²) in [5.41, 5.74) is 12.0. The third-order valence-corrected chi connectivity index (χ3v) is 5.61. The molecule has 4 nitrogen and oxygen atoms in total. The van der Waals surface area contributed by atoms with Gasteiger partial charge in [-0.15, -0.1) is 0 Å². The van der Waals surface area contributed by atoms with Gasteiger partial charge in [0, 0.05) is 5.69 Å². The number of anilines is 3. The highest BCUT2D eigenvalue weighted by molar-refractivity contribution is 5.92. The van der Waals surface area contributed by atoms with E-state index in [0.717, 1.165) is 12.1 Å². The van der Waals surface area contributed by atoms with Crippen molar-refractivity contribution in [2.24, 2.45) is 0 Å². The maximum Gasteiger partial charge on any atom is 0.337 e. The highest BCUT2D eigenvalue weighted by Gasteiger charge is 2.36. The zero-order valence-electron chi connectivity index (χ0n) is 16.3. The molecule has 4 heteroatoms. The summed E-state index contributed by atoms with van der Waals surface area (Å²) in [7, 11) is 1.37. The van der Waals surface area contributed by atoms with Crippen LogP contribution in [0.4, 0.5) is 17.1 Å². The summed E-state index contributed by atoms with van der Waals surface area (Å²) in [5.74, 6) is -0.374. The fraction of sp³-hybridized carbons (Fsp3) is 0.409. The van der Waals surface area contributed by atoms with Gasteiger partial charge in [0.25, 0.3) is 0 Å². The minimum atomic E-state index is -0.374. The Morgan fingerprint density at radius 2 is 1.65 bits per heavy atom.